The summed E-state index contributed by atoms with van der Waals surface area (Å²) in [5.74, 6) is -0.499. The van der Waals surface area contributed by atoms with Crippen LogP contribution in [0.15, 0.2) is 83.8 Å². The molecule has 0 bridgehead atoms. The van der Waals surface area contributed by atoms with Gasteiger partial charge in [0.15, 0.2) is 6.10 Å². The molecule has 2 aliphatic heterocycles. The zero-order valence-corrected chi connectivity index (χ0v) is 22.0. The van der Waals surface area contributed by atoms with Crippen LogP contribution in [0.4, 0.5) is 11.4 Å². The largest absolute Gasteiger partial charge is 0.476 e. The average Bonchev–Trinajstić information content (AvgIpc) is 2.93. The Bertz CT molecular complexity index is 1510. The molecule has 1 saturated heterocycles. The van der Waals surface area contributed by atoms with Crippen LogP contribution in [0.5, 0.6) is 5.75 Å². The lowest BCUT2D eigenvalue weighted by molar-refractivity contribution is -0.122. The van der Waals surface area contributed by atoms with Crippen LogP contribution in [0.1, 0.15) is 5.56 Å². The van der Waals surface area contributed by atoms with E-state index in [1.54, 1.807) is 48.5 Å². The van der Waals surface area contributed by atoms with Gasteiger partial charge in [0, 0.05) is 18.8 Å². The van der Waals surface area contributed by atoms with Crippen LogP contribution < -0.4 is 14.4 Å². The molecule has 200 valence electrons. The van der Waals surface area contributed by atoms with Crippen molar-refractivity contribution < 1.29 is 31.1 Å². The van der Waals surface area contributed by atoms with E-state index in [9.17, 15) is 21.6 Å². The van der Waals surface area contributed by atoms with Gasteiger partial charge in [-0.15, -0.1) is 0 Å². The molecule has 5 rings (SSSR count). The maximum atomic E-state index is 13.4. The number of benzene rings is 3. The van der Waals surface area contributed by atoms with E-state index in [0.717, 1.165) is 0 Å². The monoisotopic (exact) mass is 557 g/mol. The normalized spacial score (nSPS) is 18.3. The molecule has 2 aliphatic rings. The Hall–Kier alpha value is -3.45. The Kier molecular flexibility index (Phi) is 7.39. The molecule has 1 amide bonds. The second-order valence-corrected chi connectivity index (χ2v) is 12.7. The molecule has 10 nitrogen and oxygen atoms in total. The topological polar surface area (TPSA) is 122 Å². The number of carbonyl (C=O) groups is 1. The molecular formula is C26H27N3O7S2. The van der Waals surface area contributed by atoms with E-state index in [1.807, 2.05) is 6.07 Å². The molecule has 1 atom stereocenters. The van der Waals surface area contributed by atoms with Crippen molar-refractivity contribution in [2.75, 3.05) is 42.5 Å². The molecule has 3 aromatic carbocycles. The van der Waals surface area contributed by atoms with Crippen LogP contribution in [0.25, 0.3) is 0 Å². The average molecular weight is 558 g/mol. The fourth-order valence-electron chi connectivity index (χ4n) is 4.33. The summed E-state index contributed by atoms with van der Waals surface area (Å²) in [6.45, 7) is 1.05. The molecule has 0 aromatic heterocycles. The van der Waals surface area contributed by atoms with E-state index in [0.29, 0.717) is 30.2 Å². The van der Waals surface area contributed by atoms with Crippen LogP contribution in [-0.4, -0.2) is 66.0 Å². The first kappa shape index (κ1) is 26.2. The van der Waals surface area contributed by atoms with Gasteiger partial charge >= 0.3 is 0 Å². The Morgan fingerprint density at radius 3 is 2.24 bits per heavy atom. The third kappa shape index (κ3) is 5.53. The Morgan fingerprint density at radius 1 is 0.868 bits per heavy atom. The highest BCUT2D eigenvalue weighted by molar-refractivity contribution is 7.92. The number of nitrogens with zero attached hydrogens (tertiary/aromatic N) is 2. The van der Waals surface area contributed by atoms with Crippen LogP contribution >= 0.6 is 0 Å². The summed E-state index contributed by atoms with van der Waals surface area (Å²) in [6, 6.07) is 21.3. The summed E-state index contributed by atoms with van der Waals surface area (Å²) < 4.78 is 66.1. The highest BCUT2D eigenvalue weighted by atomic mass is 32.2. The van der Waals surface area contributed by atoms with Gasteiger partial charge in [0.25, 0.3) is 5.91 Å². The maximum Gasteiger partial charge on any atom is 0.267 e. The fraction of sp³-hybridized carbons (Fsp3) is 0.269. The van der Waals surface area contributed by atoms with Gasteiger partial charge in [-0.2, -0.15) is 4.31 Å². The van der Waals surface area contributed by atoms with E-state index >= 15 is 0 Å². The zero-order chi connectivity index (χ0) is 26.8. The number of ether oxygens (including phenoxy) is 2. The zero-order valence-electron chi connectivity index (χ0n) is 20.4. The molecule has 3 aromatic rings. The van der Waals surface area contributed by atoms with Crippen molar-refractivity contribution in [1.29, 1.82) is 0 Å². The molecule has 1 N–H and O–H groups in total. The number of sulfonamides is 2. The van der Waals surface area contributed by atoms with Gasteiger partial charge in [0.05, 0.1) is 36.1 Å². The number of para-hydroxylation sites is 2. The van der Waals surface area contributed by atoms with Crippen molar-refractivity contribution in [2.45, 2.75) is 16.8 Å². The predicted molar refractivity (Wildman–Crippen MR) is 142 cm³/mol. The first-order valence-corrected chi connectivity index (χ1v) is 15.1. The summed E-state index contributed by atoms with van der Waals surface area (Å²) in [4.78, 5) is 13.2. The quantitative estimate of drug-likeness (QED) is 0.474. The highest BCUT2D eigenvalue weighted by Crippen LogP contribution is 2.36. The summed E-state index contributed by atoms with van der Waals surface area (Å²) in [7, 11) is -7.50. The molecule has 0 aliphatic carbocycles. The Labute approximate surface area is 221 Å². The molecular weight excluding hydrogens is 530 g/mol. The van der Waals surface area contributed by atoms with E-state index in [4.69, 9.17) is 9.47 Å². The fourth-order valence-corrected chi connectivity index (χ4v) is 7.32. The SMILES string of the molecule is O=C(Nc1ccc(S(=O)(=O)N2CCOCC2)cc1)[C@@H]1CN(S(=O)(=O)Cc2ccccc2)c2ccccc2O1. The number of carbonyl (C=O) groups excluding carboxylic acids is 1. The summed E-state index contributed by atoms with van der Waals surface area (Å²) >= 11 is 0. The Morgan fingerprint density at radius 2 is 1.53 bits per heavy atom. The van der Waals surface area contributed by atoms with Crippen molar-refractivity contribution in [3.05, 3.63) is 84.4 Å². The molecule has 0 radical (unpaired) electrons. The lowest BCUT2D eigenvalue weighted by Gasteiger charge is -2.34. The first-order valence-electron chi connectivity index (χ1n) is 12.0. The molecule has 12 heteroatoms. The van der Waals surface area contributed by atoms with Crippen molar-refractivity contribution in [2.24, 2.45) is 0 Å². The van der Waals surface area contributed by atoms with Gasteiger partial charge in [-0.1, -0.05) is 42.5 Å². The number of hydrogen-bond acceptors (Lipinski definition) is 7. The van der Waals surface area contributed by atoms with Crippen LogP contribution in [-0.2, 0) is 35.3 Å². The predicted octanol–water partition coefficient (Wildman–Crippen LogP) is 2.44. The summed E-state index contributed by atoms with van der Waals surface area (Å²) in [6.07, 6.45) is -1.12. The van der Waals surface area contributed by atoms with Gasteiger partial charge in [-0.05, 0) is 42.0 Å². The smallest absolute Gasteiger partial charge is 0.267 e. The highest BCUT2D eigenvalue weighted by Gasteiger charge is 2.37. The summed E-state index contributed by atoms with van der Waals surface area (Å²) in [5, 5.41) is 2.71. The second-order valence-electron chi connectivity index (χ2n) is 8.88. The minimum absolute atomic E-state index is 0.110. The molecule has 2 heterocycles. The van der Waals surface area contributed by atoms with E-state index in [2.05, 4.69) is 5.32 Å². The number of hydrogen-bond donors (Lipinski definition) is 1. The van der Waals surface area contributed by atoms with Gasteiger partial charge in [-0.3, -0.25) is 9.10 Å². The molecule has 0 unspecified atom stereocenters. The third-order valence-corrected chi connectivity index (χ3v) is 9.91. The number of nitrogens with one attached hydrogen (secondary N) is 1. The number of rotatable bonds is 7. The van der Waals surface area contributed by atoms with Crippen LogP contribution in [0.2, 0.25) is 0 Å². The number of anilines is 2. The van der Waals surface area contributed by atoms with Gasteiger partial charge in [0.2, 0.25) is 20.0 Å². The first-order chi connectivity index (χ1) is 18.2. The number of fused-ring (bicyclic) bond motifs is 1. The van der Waals surface area contributed by atoms with Crippen LogP contribution in [0, 0.1) is 0 Å². The minimum Gasteiger partial charge on any atom is -0.476 e. The van der Waals surface area contributed by atoms with E-state index in [-0.39, 0.29) is 36.0 Å². The maximum absolute atomic E-state index is 13.4. The van der Waals surface area contributed by atoms with E-state index < -0.39 is 32.1 Å². The van der Waals surface area contributed by atoms with Gasteiger partial charge in [0.1, 0.15) is 5.75 Å². The van der Waals surface area contributed by atoms with Crippen molar-refractivity contribution in [3.63, 3.8) is 0 Å². The standard InChI is InChI=1S/C26H27N3O7S2/c30-26(27-21-10-12-22(13-11-21)38(33,34)28-14-16-35-17-15-28)25-18-29(23-8-4-5-9-24(23)36-25)37(31,32)19-20-6-2-1-3-7-20/h1-13,25H,14-19H2,(H,27,30)/t25-/m0/s1. The lowest BCUT2D eigenvalue weighted by Crippen LogP contribution is -2.49. The molecule has 1 fully saturated rings. The molecule has 0 saturated carbocycles. The van der Waals surface area contributed by atoms with Crippen molar-refractivity contribution in [3.8, 4) is 5.75 Å². The number of morpholine rings is 1. The van der Waals surface area contributed by atoms with Crippen molar-refractivity contribution in [1.82, 2.24) is 4.31 Å². The van der Waals surface area contributed by atoms with Crippen LogP contribution in [0.3, 0.4) is 0 Å². The van der Waals surface area contributed by atoms with Gasteiger partial charge < -0.3 is 14.8 Å². The van der Waals surface area contributed by atoms with E-state index in [1.165, 1.54) is 32.9 Å². The number of amides is 1. The minimum atomic E-state index is -3.83. The van der Waals surface area contributed by atoms with Gasteiger partial charge in [-0.25, -0.2) is 16.8 Å². The molecule has 0 spiro atoms. The third-order valence-electron chi connectivity index (χ3n) is 6.28. The Balaban J connectivity index is 1.32. The summed E-state index contributed by atoms with van der Waals surface area (Å²) in [5.41, 5.74) is 1.35. The molecule has 38 heavy (non-hydrogen) atoms. The van der Waals surface area contributed by atoms with Crippen molar-refractivity contribution >= 4 is 37.3 Å². The lowest BCUT2D eigenvalue weighted by atomic mass is 10.2. The second kappa shape index (κ2) is 10.7.